The Morgan fingerprint density at radius 2 is 1.97 bits per heavy atom. The zero-order valence-corrected chi connectivity index (χ0v) is 17.3. The summed E-state index contributed by atoms with van der Waals surface area (Å²) in [5.74, 6) is -0.999. The molecule has 0 aromatic heterocycles. The molecule has 2 aromatic carbocycles. The van der Waals surface area contributed by atoms with E-state index in [0.717, 1.165) is 5.56 Å². The van der Waals surface area contributed by atoms with Gasteiger partial charge in [0.05, 0.1) is 6.21 Å². The average Bonchev–Trinajstić information content (AvgIpc) is 2.70. The van der Waals surface area contributed by atoms with Crippen molar-refractivity contribution in [3.05, 3.63) is 63.6 Å². The lowest BCUT2D eigenvalue weighted by molar-refractivity contribution is -0.139. The van der Waals surface area contributed by atoms with Crippen molar-refractivity contribution in [2.24, 2.45) is 5.10 Å². The second kappa shape index (κ2) is 12.1. The molecule has 0 saturated heterocycles. The van der Waals surface area contributed by atoms with Crippen LogP contribution in [-0.4, -0.2) is 38.3 Å². The number of hydrogen-bond donors (Lipinski definition) is 2. The summed E-state index contributed by atoms with van der Waals surface area (Å²) in [6.07, 6.45) is 2.03. The molecule has 0 heterocycles. The maximum atomic E-state index is 11.7. The number of ether oxygens (including phenoxy) is 2. The van der Waals surface area contributed by atoms with Crippen molar-refractivity contribution in [1.82, 2.24) is 10.7 Å². The summed E-state index contributed by atoms with van der Waals surface area (Å²) in [5, 5.41) is 7.34. The summed E-state index contributed by atoms with van der Waals surface area (Å²) in [4.78, 5) is 23.3. The molecule has 29 heavy (non-hydrogen) atoms. The first-order valence-corrected chi connectivity index (χ1v) is 9.52. The maximum Gasteiger partial charge on any atom is 0.329 e. The van der Waals surface area contributed by atoms with E-state index < -0.39 is 11.8 Å². The van der Waals surface area contributed by atoms with Crippen LogP contribution in [0, 0.1) is 0 Å². The zero-order chi connectivity index (χ0) is 21.1. The third-order valence-electron chi connectivity index (χ3n) is 3.66. The molecule has 0 aliphatic carbocycles. The fourth-order valence-corrected chi connectivity index (χ4v) is 2.66. The van der Waals surface area contributed by atoms with E-state index in [2.05, 4.69) is 15.8 Å². The summed E-state index contributed by atoms with van der Waals surface area (Å²) in [7, 11) is 1.57. The number of hydrogen-bond acceptors (Lipinski definition) is 5. The summed E-state index contributed by atoms with van der Waals surface area (Å²) in [6, 6.07) is 12.3. The summed E-state index contributed by atoms with van der Waals surface area (Å²) < 4.78 is 10.6. The molecule has 9 heteroatoms. The number of carbonyl (C=O) groups excluding carboxylic acids is 2. The molecule has 2 N–H and O–H groups in total. The Bertz CT molecular complexity index is 875. The molecule has 0 radical (unpaired) electrons. The van der Waals surface area contributed by atoms with Gasteiger partial charge in [0.25, 0.3) is 0 Å². The van der Waals surface area contributed by atoms with Crippen LogP contribution in [0.3, 0.4) is 0 Å². The highest BCUT2D eigenvalue weighted by Crippen LogP contribution is 2.22. The van der Waals surface area contributed by atoms with Gasteiger partial charge >= 0.3 is 11.8 Å². The Morgan fingerprint density at radius 3 is 2.72 bits per heavy atom. The fraction of sp³-hybridized carbons (Fsp3) is 0.250. The lowest BCUT2D eigenvalue weighted by Gasteiger charge is -2.08. The van der Waals surface area contributed by atoms with Crippen LogP contribution in [0.1, 0.15) is 17.5 Å². The number of hydrazone groups is 1. The van der Waals surface area contributed by atoms with E-state index in [9.17, 15) is 9.59 Å². The quantitative estimate of drug-likeness (QED) is 0.273. The zero-order valence-electron chi connectivity index (χ0n) is 15.8. The van der Waals surface area contributed by atoms with E-state index in [0.29, 0.717) is 40.9 Å². The third-order valence-corrected chi connectivity index (χ3v) is 4.25. The van der Waals surface area contributed by atoms with Gasteiger partial charge in [0.15, 0.2) is 0 Å². The van der Waals surface area contributed by atoms with Crippen LogP contribution in [0.5, 0.6) is 5.75 Å². The van der Waals surface area contributed by atoms with Gasteiger partial charge in [-0.3, -0.25) is 9.59 Å². The molecule has 0 atom stereocenters. The van der Waals surface area contributed by atoms with Crippen LogP contribution in [0.15, 0.2) is 47.6 Å². The molecule has 0 aliphatic heterocycles. The Morgan fingerprint density at radius 1 is 1.14 bits per heavy atom. The monoisotopic (exact) mass is 437 g/mol. The van der Waals surface area contributed by atoms with E-state index in [4.69, 9.17) is 32.7 Å². The highest BCUT2D eigenvalue weighted by molar-refractivity contribution is 6.35. The number of nitrogens with one attached hydrogen (secondary N) is 2. The van der Waals surface area contributed by atoms with Gasteiger partial charge in [-0.15, -0.1) is 0 Å². The minimum atomic E-state index is -0.844. The number of carbonyl (C=O) groups is 2. The van der Waals surface area contributed by atoms with Gasteiger partial charge in [-0.05, 0) is 36.2 Å². The van der Waals surface area contributed by atoms with Gasteiger partial charge < -0.3 is 14.8 Å². The van der Waals surface area contributed by atoms with Crippen LogP contribution in [0.4, 0.5) is 0 Å². The number of nitrogens with zero attached hydrogens (tertiary/aromatic N) is 1. The third kappa shape index (κ3) is 8.11. The van der Waals surface area contributed by atoms with Crippen molar-refractivity contribution < 1.29 is 19.1 Å². The molecular weight excluding hydrogens is 417 g/mol. The van der Waals surface area contributed by atoms with Crippen LogP contribution in [0.2, 0.25) is 10.0 Å². The molecule has 7 nitrogen and oxygen atoms in total. The van der Waals surface area contributed by atoms with Gasteiger partial charge in [0.2, 0.25) is 0 Å². The van der Waals surface area contributed by atoms with E-state index in [1.54, 1.807) is 49.6 Å². The van der Waals surface area contributed by atoms with Crippen LogP contribution in [0.25, 0.3) is 0 Å². The fourth-order valence-electron chi connectivity index (χ4n) is 2.20. The van der Waals surface area contributed by atoms with Gasteiger partial charge in [0, 0.05) is 35.9 Å². The van der Waals surface area contributed by atoms with Crippen LogP contribution >= 0.6 is 23.2 Å². The van der Waals surface area contributed by atoms with E-state index in [1.807, 2.05) is 0 Å². The van der Waals surface area contributed by atoms with Crippen molar-refractivity contribution in [3.8, 4) is 5.75 Å². The molecule has 2 rings (SSSR count). The largest absolute Gasteiger partial charge is 0.489 e. The van der Waals surface area contributed by atoms with Crippen molar-refractivity contribution in [2.75, 3.05) is 20.3 Å². The first-order chi connectivity index (χ1) is 14.0. The van der Waals surface area contributed by atoms with Gasteiger partial charge in [-0.25, -0.2) is 5.43 Å². The molecule has 0 saturated carbocycles. The normalized spacial score (nSPS) is 10.7. The number of halogens is 2. The summed E-state index contributed by atoms with van der Waals surface area (Å²) in [6.45, 7) is 1.13. The lowest BCUT2D eigenvalue weighted by Crippen LogP contribution is -2.38. The Balaban J connectivity index is 1.84. The standard InChI is InChI=1S/C20H21Cl2N3O4/c1-28-9-3-8-23-19(26)20(27)25-24-12-14-4-2-5-17(10-14)29-13-15-6-7-16(21)11-18(15)22/h2,4-7,10-12H,3,8-9,13H2,1H3,(H,23,26)(H,25,27)/b24-12+. The number of amides is 2. The lowest BCUT2D eigenvalue weighted by atomic mass is 10.2. The number of methoxy groups -OCH3 is 1. The van der Waals surface area contributed by atoms with Gasteiger partial charge in [-0.1, -0.05) is 41.4 Å². The van der Waals surface area contributed by atoms with Crippen molar-refractivity contribution in [1.29, 1.82) is 0 Å². The molecule has 0 bridgehead atoms. The van der Waals surface area contributed by atoms with E-state index in [1.165, 1.54) is 6.21 Å². The SMILES string of the molecule is COCCCNC(=O)C(=O)N/N=C/c1cccc(OCc2ccc(Cl)cc2Cl)c1. The highest BCUT2D eigenvalue weighted by atomic mass is 35.5. The molecule has 0 fully saturated rings. The average molecular weight is 438 g/mol. The molecule has 2 aromatic rings. The predicted molar refractivity (Wildman–Crippen MR) is 112 cm³/mol. The van der Waals surface area contributed by atoms with Crippen molar-refractivity contribution in [2.45, 2.75) is 13.0 Å². The first-order valence-electron chi connectivity index (χ1n) is 8.76. The minimum absolute atomic E-state index is 0.274. The smallest absolute Gasteiger partial charge is 0.329 e. The van der Waals surface area contributed by atoms with Crippen molar-refractivity contribution >= 4 is 41.2 Å². The van der Waals surface area contributed by atoms with Gasteiger partial charge in [0.1, 0.15) is 12.4 Å². The second-order valence-electron chi connectivity index (χ2n) is 5.90. The molecule has 0 unspecified atom stereocenters. The van der Waals surface area contributed by atoms with Crippen LogP contribution < -0.4 is 15.5 Å². The topological polar surface area (TPSA) is 89.0 Å². The highest BCUT2D eigenvalue weighted by Gasteiger charge is 2.11. The maximum absolute atomic E-state index is 11.7. The molecule has 0 aliphatic rings. The van der Waals surface area contributed by atoms with E-state index >= 15 is 0 Å². The number of rotatable bonds is 9. The molecule has 154 valence electrons. The Hall–Kier alpha value is -2.61. The molecule has 0 spiro atoms. The van der Waals surface area contributed by atoms with Crippen LogP contribution in [-0.2, 0) is 20.9 Å². The Labute approximate surface area is 179 Å². The van der Waals surface area contributed by atoms with Crippen molar-refractivity contribution in [3.63, 3.8) is 0 Å². The predicted octanol–water partition coefficient (Wildman–Crippen LogP) is 3.18. The second-order valence-corrected chi connectivity index (χ2v) is 6.74. The first kappa shape index (κ1) is 22.7. The van der Waals surface area contributed by atoms with Gasteiger partial charge in [-0.2, -0.15) is 5.10 Å². The minimum Gasteiger partial charge on any atom is -0.489 e. The van der Waals surface area contributed by atoms with E-state index in [-0.39, 0.29) is 6.61 Å². The summed E-state index contributed by atoms with van der Waals surface area (Å²) >= 11 is 12.0. The summed E-state index contributed by atoms with van der Waals surface area (Å²) in [5.41, 5.74) is 3.67. The molecule has 2 amide bonds. The number of benzene rings is 2. The molecular formula is C20H21Cl2N3O4. The Kier molecular flexibility index (Phi) is 9.43.